The summed E-state index contributed by atoms with van der Waals surface area (Å²) < 4.78 is 5.36. The van der Waals surface area contributed by atoms with Crippen LogP contribution in [0.1, 0.15) is 18.2 Å². The molecule has 1 heterocycles. The van der Waals surface area contributed by atoms with Crippen molar-refractivity contribution < 1.29 is 4.42 Å². The quantitative estimate of drug-likeness (QED) is 0.726. The number of furan rings is 1. The predicted molar refractivity (Wildman–Crippen MR) is 57.7 cm³/mol. The number of hydrogen-bond donors (Lipinski definition) is 1. The zero-order chi connectivity index (χ0) is 10.6. The second-order valence-electron chi connectivity index (χ2n) is 3.75. The molecule has 0 aliphatic heterocycles. The van der Waals surface area contributed by atoms with Crippen molar-refractivity contribution in [1.29, 1.82) is 0 Å². The second-order valence-corrected chi connectivity index (χ2v) is 3.75. The predicted octanol–water partition coefficient (Wildman–Crippen LogP) is 1.75. The van der Waals surface area contributed by atoms with Gasteiger partial charge >= 0.3 is 0 Å². The van der Waals surface area contributed by atoms with Gasteiger partial charge in [-0.05, 0) is 20.0 Å². The third-order valence-corrected chi connectivity index (χ3v) is 1.91. The topological polar surface area (TPSA) is 42.4 Å². The first-order valence-corrected chi connectivity index (χ1v) is 4.71. The molecule has 3 heteroatoms. The molecule has 2 N–H and O–H groups in total. The van der Waals surface area contributed by atoms with Crippen LogP contribution in [-0.2, 0) is 13.1 Å². The zero-order valence-corrected chi connectivity index (χ0v) is 8.92. The molecule has 0 unspecified atom stereocenters. The van der Waals surface area contributed by atoms with Gasteiger partial charge in [-0.25, -0.2) is 0 Å². The van der Waals surface area contributed by atoms with Gasteiger partial charge in [0.25, 0.3) is 0 Å². The van der Waals surface area contributed by atoms with Crippen LogP contribution in [-0.4, -0.2) is 18.5 Å². The minimum atomic E-state index is 0.535. The Bertz CT molecular complexity index is 304. The van der Waals surface area contributed by atoms with Crippen LogP contribution in [0, 0.1) is 0 Å². The van der Waals surface area contributed by atoms with Gasteiger partial charge in [0.15, 0.2) is 0 Å². The average molecular weight is 194 g/mol. The normalized spacial score (nSPS) is 10.9. The maximum absolute atomic E-state index is 5.49. The Kier molecular flexibility index (Phi) is 3.92. The lowest BCUT2D eigenvalue weighted by molar-refractivity contribution is 0.317. The highest BCUT2D eigenvalue weighted by Gasteiger charge is 2.04. The maximum atomic E-state index is 5.49. The summed E-state index contributed by atoms with van der Waals surface area (Å²) in [5, 5.41) is 0. The van der Waals surface area contributed by atoms with Crippen molar-refractivity contribution in [3.05, 3.63) is 35.8 Å². The van der Waals surface area contributed by atoms with Gasteiger partial charge in [0.1, 0.15) is 5.76 Å². The Morgan fingerprint density at radius 2 is 2.36 bits per heavy atom. The number of hydrogen-bond acceptors (Lipinski definition) is 3. The van der Waals surface area contributed by atoms with Crippen molar-refractivity contribution in [2.75, 3.05) is 13.6 Å². The van der Waals surface area contributed by atoms with E-state index in [1.54, 1.807) is 6.26 Å². The second kappa shape index (κ2) is 4.98. The molecule has 0 aliphatic carbocycles. The molecule has 0 radical (unpaired) electrons. The van der Waals surface area contributed by atoms with Gasteiger partial charge in [-0.15, -0.1) is 0 Å². The molecule has 3 nitrogen and oxygen atoms in total. The van der Waals surface area contributed by atoms with Crippen molar-refractivity contribution in [2.45, 2.75) is 20.0 Å². The molecule has 0 saturated heterocycles. The van der Waals surface area contributed by atoms with E-state index in [-0.39, 0.29) is 0 Å². The minimum Gasteiger partial charge on any atom is -0.468 e. The Morgan fingerprint density at radius 3 is 2.86 bits per heavy atom. The summed E-state index contributed by atoms with van der Waals surface area (Å²) >= 11 is 0. The van der Waals surface area contributed by atoms with E-state index in [1.165, 1.54) is 0 Å². The molecular formula is C11H18N2O. The van der Waals surface area contributed by atoms with Crippen LogP contribution in [0.2, 0.25) is 0 Å². The summed E-state index contributed by atoms with van der Waals surface area (Å²) in [6.45, 7) is 8.11. The van der Waals surface area contributed by atoms with Crippen molar-refractivity contribution >= 4 is 0 Å². The minimum absolute atomic E-state index is 0.535. The molecule has 1 aromatic rings. The fraction of sp³-hybridized carbons (Fsp3) is 0.455. The molecule has 0 saturated carbocycles. The first kappa shape index (κ1) is 11.0. The first-order chi connectivity index (χ1) is 6.61. The molecule has 0 aromatic carbocycles. The van der Waals surface area contributed by atoms with Gasteiger partial charge in [-0.1, -0.05) is 12.2 Å². The van der Waals surface area contributed by atoms with Gasteiger partial charge < -0.3 is 10.2 Å². The Labute approximate surface area is 85.2 Å². The van der Waals surface area contributed by atoms with E-state index in [0.29, 0.717) is 6.54 Å². The lowest BCUT2D eigenvalue weighted by atomic mass is 10.3. The highest BCUT2D eigenvalue weighted by Crippen LogP contribution is 2.09. The Balaban J connectivity index is 2.47. The van der Waals surface area contributed by atoms with Crippen LogP contribution in [0.3, 0.4) is 0 Å². The van der Waals surface area contributed by atoms with Crippen molar-refractivity contribution in [2.24, 2.45) is 5.73 Å². The van der Waals surface area contributed by atoms with Gasteiger partial charge in [-0.3, -0.25) is 4.90 Å². The maximum Gasteiger partial charge on any atom is 0.118 e. The molecule has 78 valence electrons. The van der Waals surface area contributed by atoms with Gasteiger partial charge in [-0.2, -0.15) is 0 Å². The van der Waals surface area contributed by atoms with E-state index in [0.717, 1.165) is 30.0 Å². The smallest absolute Gasteiger partial charge is 0.118 e. The zero-order valence-electron chi connectivity index (χ0n) is 8.92. The fourth-order valence-electron chi connectivity index (χ4n) is 1.40. The summed E-state index contributed by atoms with van der Waals surface area (Å²) in [6.07, 6.45) is 1.71. The number of likely N-dealkylation sites (N-methyl/N-ethyl adjacent to an activating group) is 1. The molecule has 0 aliphatic rings. The Morgan fingerprint density at radius 1 is 1.64 bits per heavy atom. The highest BCUT2D eigenvalue weighted by molar-refractivity contribution is 5.12. The van der Waals surface area contributed by atoms with E-state index in [9.17, 15) is 0 Å². The number of nitrogens with two attached hydrogens (primary N) is 1. The standard InChI is InChI=1S/C11H18N2O/c1-9(2)6-13(3)7-11-4-10(5-12)8-14-11/h4,8H,1,5-7,12H2,2-3H3. The van der Waals surface area contributed by atoms with E-state index >= 15 is 0 Å². The SMILES string of the molecule is C=C(C)CN(C)Cc1cc(CN)co1. The van der Waals surface area contributed by atoms with Crippen molar-refractivity contribution in [3.8, 4) is 0 Å². The number of rotatable bonds is 5. The van der Waals surface area contributed by atoms with E-state index in [2.05, 4.69) is 11.5 Å². The molecule has 1 rings (SSSR count). The van der Waals surface area contributed by atoms with E-state index in [4.69, 9.17) is 10.2 Å². The van der Waals surface area contributed by atoms with Crippen LogP contribution >= 0.6 is 0 Å². The van der Waals surface area contributed by atoms with E-state index < -0.39 is 0 Å². The van der Waals surface area contributed by atoms with Gasteiger partial charge in [0, 0.05) is 18.7 Å². The average Bonchev–Trinajstić information content (AvgIpc) is 2.50. The molecule has 1 aromatic heterocycles. The summed E-state index contributed by atoms with van der Waals surface area (Å²) in [4.78, 5) is 2.15. The molecule has 14 heavy (non-hydrogen) atoms. The van der Waals surface area contributed by atoms with Crippen molar-refractivity contribution in [1.82, 2.24) is 4.90 Å². The van der Waals surface area contributed by atoms with Crippen LogP contribution < -0.4 is 5.73 Å². The first-order valence-electron chi connectivity index (χ1n) is 4.71. The fourth-order valence-corrected chi connectivity index (χ4v) is 1.40. The molecule has 0 fully saturated rings. The number of nitrogens with zero attached hydrogens (tertiary/aromatic N) is 1. The summed E-state index contributed by atoms with van der Waals surface area (Å²) in [5.41, 5.74) is 7.68. The van der Waals surface area contributed by atoms with Crippen LogP contribution in [0.5, 0.6) is 0 Å². The monoisotopic (exact) mass is 194 g/mol. The third kappa shape index (κ3) is 3.36. The molecule has 0 atom stereocenters. The summed E-state index contributed by atoms with van der Waals surface area (Å²) in [5.74, 6) is 0.953. The lowest BCUT2D eigenvalue weighted by Gasteiger charge is -2.14. The Hall–Kier alpha value is -1.06. The molecular weight excluding hydrogens is 176 g/mol. The van der Waals surface area contributed by atoms with Gasteiger partial charge in [0.2, 0.25) is 0 Å². The third-order valence-electron chi connectivity index (χ3n) is 1.91. The van der Waals surface area contributed by atoms with Crippen molar-refractivity contribution in [3.63, 3.8) is 0 Å². The molecule has 0 spiro atoms. The van der Waals surface area contributed by atoms with Crippen LogP contribution in [0.15, 0.2) is 28.9 Å². The van der Waals surface area contributed by atoms with E-state index in [1.807, 2.05) is 20.0 Å². The largest absolute Gasteiger partial charge is 0.468 e. The molecule has 0 amide bonds. The van der Waals surface area contributed by atoms with Crippen LogP contribution in [0.4, 0.5) is 0 Å². The summed E-state index contributed by atoms with van der Waals surface area (Å²) in [6, 6.07) is 1.99. The lowest BCUT2D eigenvalue weighted by Crippen LogP contribution is -2.19. The summed E-state index contributed by atoms with van der Waals surface area (Å²) in [7, 11) is 2.04. The molecule has 0 bridgehead atoms. The highest BCUT2D eigenvalue weighted by atomic mass is 16.3. The van der Waals surface area contributed by atoms with Gasteiger partial charge in [0.05, 0.1) is 12.8 Å². The van der Waals surface area contributed by atoms with Crippen LogP contribution in [0.25, 0.3) is 0 Å².